The van der Waals surface area contributed by atoms with Crippen molar-refractivity contribution < 1.29 is 8.42 Å². The quantitative estimate of drug-likeness (QED) is 0.901. The normalized spacial score (nSPS) is 12.8. The summed E-state index contributed by atoms with van der Waals surface area (Å²) >= 11 is 0. The molecule has 3 N–H and O–H groups in total. The smallest absolute Gasteiger partial charge is 0.241 e. The van der Waals surface area contributed by atoms with Gasteiger partial charge in [0.1, 0.15) is 0 Å². The lowest BCUT2D eigenvalue weighted by Gasteiger charge is -2.20. The number of aromatic nitrogens is 1. The van der Waals surface area contributed by atoms with Gasteiger partial charge in [0.2, 0.25) is 10.0 Å². The van der Waals surface area contributed by atoms with Crippen LogP contribution in [-0.2, 0) is 15.4 Å². The molecule has 1 heterocycles. The maximum atomic E-state index is 12.4. The van der Waals surface area contributed by atoms with Gasteiger partial charge in [0.15, 0.2) is 0 Å². The van der Waals surface area contributed by atoms with E-state index in [4.69, 9.17) is 5.73 Å². The zero-order valence-electron chi connectivity index (χ0n) is 12.6. The fraction of sp³-hybridized carbons (Fsp3) is 0.400. The first-order chi connectivity index (χ1) is 9.77. The van der Waals surface area contributed by atoms with Gasteiger partial charge in [-0.25, -0.2) is 13.1 Å². The highest BCUT2D eigenvalue weighted by Gasteiger charge is 2.22. The van der Waals surface area contributed by atoms with Crippen LogP contribution in [0.2, 0.25) is 0 Å². The molecule has 1 aromatic carbocycles. The molecule has 5 nitrogen and oxygen atoms in total. The number of hydrogen-bond acceptors (Lipinski definition) is 4. The highest BCUT2D eigenvalue weighted by Crippen LogP contribution is 2.30. The number of benzene rings is 1. The zero-order valence-corrected chi connectivity index (χ0v) is 13.4. The standard InChI is InChI=1S/C15H21N3O2S/c1-15(2,3)14-12-5-4-6-13(11(12)7-9-17-14)21(19,20)18-10-8-16/h4-7,9,18H,8,10,16H2,1-3H3. The predicted octanol–water partition coefficient (Wildman–Crippen LogP) is 1.77. The Bertz CT molecular complexity index is 749. The van der Waals surface area contributed by atoms with Gasteiger partial charge in [-0.1, -0.05) is 32.9 Å². The molecule has 114 valence electrons. The molecule has 0 atom stereocenters. The monoisotopic (exact) mass is 307 g/mol. The number of nitrogens with two attached hydrogens (primary N) is 1. The number of nitrogens with zero attached hydrogens (tertiary/aromatic N) is 1. The summed E-state index contributed by atoms with van der Waals surface area (Å²) in [7, 11) is -3.57. The van der Waals surface area contributed by atoms with Crippen LogP contribution in [0.1, 0.15) is 26.5 Å². The van der Waals surface area contributed by atoms with Crippen molar-refractivity contribution in [3.05, 3.63) is 36.2 Å². The number of nitrogens with one attached hydrogen (secondary N) is 1. The van der Waals surface area contributed by atoms with Crippen molar-refractivity contribution in [2.24, 2.45) is 5.73 Å². The topological polar surface area (TPSA) is 85.1 Å². The Morgan fingerprint density at radius 3 is 2.52 bits per heavy atom. The van der Waals surface area contributed by atoms with E-state index in [2.05, 4.69) is 30.5 Å². The Kier molecular flexibility index (Phi) is 4.32. The first-order valence-corrected chi connectivity index (χ1v) is 8.33. The minimum Gasteiger partial charge on any atom is -0.329 e. The summed E-state index contributed by atoms with van der Waals surface area (Å²) in [6.07, 6.45) is 1.66. The summed E-state index contributed by atoms with van der Waals surface area (Å²) < 4.78 is 27.3. The summed E-state index contributed by atoms with van der Waals surface area (Å²) in [6, 6.07) is 7.00. The van der Waals surface area contributed by atoms with E-state index in [1.54, 1.807) is 24.4 Å². The first kappa shape index (κ1) is 15.9. The summed E-state index contributed by atoms with van der Waals surface area (Å²) in [4.78, 5) is 4.69. The van der Waals surface area contributed by atoms with Gasteiger partial charge in [-0.2, -0.15) is 0 Å². The van der Waals surface area contributed by atoms with E-state index in [1.807, 2.05) is 6.07 Å². The van der Waals surface area contributed by atoms with Gasteiger partial charge >= 0.3 is 0 Å². The molecule has 1 aromatic heterocycles. The lowest BCUT2D eigenvalue weighted by atomic mass is 9.88. The van der Waals surface area contributed by atoms with Gasteiger partial charge in [0.05, 0.1) is 10.6 Å². The van der Waals surface area contributed by atoms with Crippen LogP contribution in [0.3, 0.4) is 0 Å². The van der Waals surface area contributed by atoms with Gasteiger partial charge in [0, 0.05) is 35.5 Å². The molecule has 0 amide bonds. The third-order valence-corrected chi connectivity index (χ3v) is 4.72. The van der Waals surface area contributed by atoms with Crippen molar-refractivity contribution in [3.8, 4) is 0 Å². The minimum atomic E-state index is -3.57. The van der Waals surface area contributed by atoms with Crippen LogP contribution in [0, 0.1) is 0 Å². The highest BCUT2D eigenvalue weighted by atomic mass is 32.2. The molecule has 6 heteroatoms. The molecule has 0 aliphatic carbocycles. The molecule has 0 saturated carbocycles. The molecule has 0 saturated heterocycles. The lowest BCUT2D eigenvalue weighted by molar-refractivity contribution is 0.574. The van der Waals surface area contributed by atoms with Gasteiger partial charge < -0.3 is 5.73 Å². The van der Waals surface area contributed by atoms with Gasteiger partial charge in [0.25, 0.3) is 0 Å². The summed E-state index contributed by atoms with van der Waals surface area (Å²) in [5.74, 6) is 0. The molecule has 0 bridgehead atoms. The summed E-state index contributed by atoms with van der Waals surface area (Å²) in [6.45, 7) is 6.66. The van der Waals surface area contributed by atoms with Crippen molar-refractivity contribution in [2.45, 2.75) is 31.1 Å². The van der Waals surface area contributed by atoms with Crippen LogP contribution >= 0.6 is 0 Å². The lowest BCUT2D eigenvalue weighted by Crippen LogP contribution is -2.29. The highest BCUT2D eigenvalue weighted by molar-refractivity contribution is 7.89. The zero-order chi connectivity index (χ0) is 15.7. The molecule has 0 fully saturated rings. The molecule has 2 aromatic rings. The molecule has 0 aliphatic heterocycles. The van der Waals surface area contributed by atoms with Crippen LogP contribution in [-0.4, -0.2) is 26.5 Å². The number of sulfonamides is 1. The van der Waals surface area contributed by atoms with E-state index in [-0.39, 0.29) is 23.4 Å². The Labute approximate surface area is 125 Å². The summed E-state index contributed by atoms with van der Waals surface area (Å²) in [5.41, 5.74) is 6.10. The van der Waals surface area contributed by atoms with E-state index in [1.165, 1.54) is 0 Å². The maximum absolute atomic E-state index is 12.4. The van der Waals surface area contributed by atoms with Crippen molar-refractivity contribution in [3.63, 3.8) is 0 Å². The molecular formula is C15H21N3O2S. The van der Waals surface area contributed by atoms with Crippen molar-refractivity contribution in [1.82, 2.24) is 9.71 Å². The SMILES string of the molecule is CC(C)(C)c1nccc2c(S(=O)(=O)NCCN)cccc12. The molecule has 2 rings (SSSR count). The van der Waals surface area contributed by atoms with Crippen molar-refractivity contribution in [1.29, 1.82) is 0 Å². The Morgan fingerprint density at radius 1 is 1.19 bits per heavy atom. The minimum absolute atomic E-state index is 0.160. The van der Waals surface area contributed by atoms with Crippen molar-refractivity contribution >= 4 is 20.8 Å². The maximum Gasteiger partial charge on any atom is 0.241 e. The van der Waals surface area contributed by atoms with Gasteiger partial charge in [-0.15, -0.1) is 0 Å². The Morgan fingerprint density at radius 2 is 1.90 bits per heavy atom. The molecule has 0 aliphatic rings. The second-order valence-electron chi connectivity index (χ2n) is 5.95. The van der Waals surface area contributed by atoms with E-state index in [0.717, 1.165) is 11.1 Å². The van der Waals surface area contributed by atoms with Gasteiger partial charge in [-0.3, -0.25) is 4.98 Å². The predicted molar refractivity (Wildman–Crippen MR) is 84.7 cm³/mol. The largest absolute Gasteiger partial charge is 0.329 e. The van der Waals surface area contributed by atoms with E-state index in [9.17, 15) is 8.42 Å². The van der Waals surface area contributed by atoms with Gasteiger partial charge in [-0.05, 0) is 12.1 Å². The molecule has 0 radical (unpaired) electrons. The second-order valence-corrected chi connectivity index (χ2v) is 7.68. The third-order valence-electron chi connectivity index (χ3n) is 3.20. The van der Waals surface area contributed by atoms with E-state index < -0.39 is 10.0 Å². The molecule has 21 heavy (non-hydrogen) atoms. The van der Waals surface area contributed by atoms with Crippen LogP contribution in [0.15, 0.2) is 35.4 Å². The fourth-order valence-corrected chi connectivity index (χ4v) is 3.55. The van der Waals surface area contributed by atoms with E-state index in [0.29, 0.717) is 5.39 Å². The third kappa shape index (κ3) is 3.23. The molecule has 0 unspecified atom stereocenters. The fourth-order valence-electron chi connectivity index (χ4n) is 2.28. The average molecular weight is 307 g/mol. The van der Waals surface area contributed by atoms with E-state index >= 15 is 0 Å². The molecular weight excluding hydrogens is 286 g/mol. The number of hydrogen-bond donors (Lipinski definition) is 2. The van der Waals surface area contributed by atoms with Crippen LogP contribution < -0.4 is 10.5 Å². The Balaban J connectivity index is 2.69. The number of fused-ring (bicyclic) bond motifs is 1. The number of rotatable bonds is 4. The number of pyridine rings is 1. The van der Waals surface area contributed by atoms with Crippen molar-refractivity contribution in [2.75, 3.05) is 13.1 Å². The van der Waals surface area contributed by atoms with Crippen LogP contribution in [0.25, 0.3) is 10.8 Å². The molecule has 0 spiro atoms. The summed E-state index contributed by atoms with van der Waals surface area (Å²) in [5, 5.41) is 1.54. The van der Waals surface area contributed by atoms with Crippen LogP contribution in [0.4, 0.5) is 0 Å². The Hall–Kier alpha value is -1.50. The van der Waals surface area contributed by atoms with Crippen LogP contribution in [0.5, 0.6) is 0 Å². The second kappa shape index (κ2) is 5.71. The average Bonchev–Trinajstić information content (AvgIpc) is 2.42. The first-order valence-electron chi connectivity index (χ1n) is 6.85.